The van der Waals surface area contributed by atoms with Crippen molar-refractivity contribution in [3.63, 3.8) is 0 Å². The number of hydrogen-bond acceptors (Lipinski definition) is 5. The molecule has 6 heteroatoms. The Labute approximate surface area is 150 Å². The van der Waals surface area contributed by atoms with Crippen LogP contribution in [0.5, 0.6) is 11.5 Å². The minimum atomic E-state index is -0.0729. The Bertz CT molecular complexity index is 860. The van der Waals surface area contributed by atoms with Gasteiger partial charge in [0.25, 0.3) is 5.91 Å². The van der Waals surface area contributed by atoms with Crippen molar-refractivity contribution in [3.8, 4) is 11.5 Å². The number of nitrogens with zero attached hydrogens (tertiary/aromatic N) is 2. The van der Waals surface area contributed by atoms with Crippen LogP contribution in [-0.2, 0) is 6.54 Å². The molecule has 0 aliphatic heterocycles. The van der Waals surface area contributed by atoms with E-state index in [0.29, 0.717) is 22.2 Å². The van der Waals surface area contributed by atoms with E-state index < -0.39 is 0 Å². The molecule has 0 bridgehead atoms. The SMILES string of the molecule is Cc1nc(N)sc1C(=O)N(C)Cc1ccc(Oc2ccccc2)cc1. The first-order valence-corrected chi connectivity index (χ1v) is 8.65. The van der Waals surface area contributed by atoms with Crippen LogP contribution in [0.25, 0.3) is 0 Å². The number of carbonyl (C=O) groups excluding carboxylic acids is 1. The number of nitrogen functional groups attached to an aromatic ring is 1. The third kappa shape index (κ3) is 4.16. The molecule has 1 amide bonds. The fraction of sp³-hybridized carbons (Fsp3) is 0.158. The molecule has 0 unspecified atom stereocenters. The van der Waals surface area contributed by atoms with E-state index in [4.69, 9.17) is 10.5 Å². The highest BCUT2D eigenvalue weighted by Crippen LogP contribution is 2.23. The first-order chi connectivity index (χ1) is 12.0. The Morgan fingerprint density at radius 2 is 1.76 bits per heavy atom. The van der Waals surface area contributed by atoms with E-state index >= 15 is 0 Å². The van der Waals surface area contributed by atoms with Crippen LogP contribution in [0.3, 0.4) is 0 Å². The Hall–Kier alpha value is -2.86. The molecule has 1 aromatic heterocycles. The lowest BCUT2D eigenvalue weighted by atomic mass is 10.2. The molecule has 2 N–H and O–H groups in total. The van der Waals surface area contributed by atoms with Gasteiger partial charge in [-0.1, -0.05) is 41.7 Å². The van der Waals surface area contributed by atoms with Gasteiger partial charge in [-0.3, -0.25) is 4.79 Å². The maximum absolute atomic E-state index is 12.5. The molecule has 2 aromatic carbocycles. The van der Waals surface area contributed by atoms with Crippen LogP contribution in [0.2, 0.25) is 0 Å². The van der Waals surface area contributed by atoms with Gasteiger partial charge < -0.3 is 15.4 Å². The molecule has 0 radical (unpaired) electrons. The number of rotatable bonds is 5. The lowest BCUT2D eigenvalue weighted by Crippen LogP contribution is -2.26. The number of amides is 1. The van der Waals surface area contributed by atoms with Crippen molar-refractivity contribution in [1.29, 1.82) is 0 Å². The quantitative estimate of drug-likeness (QED) is 0.750. The van der Waals surface area contributed by atoms with Gasteiger partial charge >= 0.3 is 0 Å². The monoisotopic (exact) mass is 353 g/mol. The molecule has 0 fully saturated rings. The van der Waals surface area contributed by atoms with E-state index in [1.54, 1.807) is 18.9 Å². The van der Waals surface area contributed by atoms with Gasteiger partial charge in [0, 0.05) is 13.6 Å². The van der Waals surface area contributed by atoms with Gasteiger partial charge in [-0.05, 0) is 36.8 Å². The standard InChI is InChI=1S/C19H19N3O2S/c1-13-17(25-19(20)21-13)18(23)22(2)12-14-8-10-16(11-9-14)24-15-6-4-3-5-7-15/h3-11H,12H2,1-2H3,(H2,20,21). The molecule has 5 nitrogen and oxygen atoms in total. The van der Waals surface area contributed by atoms with Crippen LogP contribution >= 0.6 is 11.3 Å². The molecule has 0 aliphatic rings. The number of thiazole rings is 1. The summed E-state index contributed by atoms with van der Waals surface area (Å²) in [6.45, 7) is 2.30. The van der Waals surface area contributed by atoms with E-state index in [2.05, 4.69) is 4.98 Å². The molecule has 0 aliphatic carbocycles. The molecule has 0 saturated carbocycles. The largest absolute Gasteiger partial charge is 0.457 e. The zero-order valence-electron chi connectivity index (χ0n) is 14.1. The van der Waals surface area contributed by atoms with Gasteiger partial charge in [-0.25, -0.2) is 4.98 Å². The molecule has 3 aromatic rings. The van der Waals surface area contributed by atoms with Crippen molar-refractivity contribution < 1.29 is 9.53 Å². The van der Waals surface area contributed by atoms with Crippen molar-refractivity contribution in [2.24, 2.45) is 0 Å². The zero-order valence-corrected chi connectivity index (χ0v) is 14.9. The van der Waals surface area contributed by atoms with Crippen LogP contribution in [-0.4, -0.2) is 22.8 Å². The van der Waals surface area contributed by atoms with Gasteiger partial charge in [0.15, 0.2) is 5.13 Å². The number of aryl methyl sites for hydroxylation is 1. The Morgan fingerprint density at radius 1 is 1.12 bits per heavy atom. The number of ether oxygens (including phenoxy) is 1. The highest BCUT2D eigenvalue weighted by atomic mass is 32.1. The van der Waals surface area contributed by atoms with Gasteiger partial charge in [0.1, 0.15) is 16.4 Å². The maximum Gasteiger partial charge on any atom is 0.265 e. The van der Waals surface area contributed by atoms with E-state index in [1.807, 2.05) is 54.6 Å². The molecule has 0 spiro atoms. The molecule has 1 heterocycles. The summed E-state index contributed by atoms with van der Waals surface area (Å²) in [4.78, 5) is 18.9. The van der Waals surface area contributed by atoms with Crippen LogP contribution in [0.4, 0.5) is 5.13 Å². The topological polar surface area (TPSA) is 68.5 Å². The van der Waals surface area contributed by atoms with Crippen molar-refractivity contribution in [3.05, 3.63) is 70.7 Å². The summed E-state index contributed by atoms with van der Waals surface area (Å²) in [5.41, 5.74) is 7.36. The molecule has 3 rings (SSSR count). The number of aromatic nitrogens is 1. The van der Waals surface area contributed by atoms with Crippen LogP contribution < -0.4 is 10.5 Å². The summed E-state index contributed by atoms with van der Waals surface area (Å²) >= 11 is 1.22. The maximum atomic E-state index is 12.5. The van der Waals surface area contributed by atoms with Crippen LogP contribution in [0.1, 0.15) is 20.9 Å². The molecule has 25 heavy (non-hydrogen) atoms. The van der Waals surface area contributed by atoms with E-state index in [1.165, 1.54) is 11.3 Å². The number of para-hydroxylation sites is 1. The average Bonchev–Trinajstić information content (AvgIpc) is 2.95. The second-order valence-electron chi connectivity index (χ2n) is 5.69. The van der Waals surface area contributed by atoms with Crippen molar-refractivity contribution in [2.75, 3.05) is 12.8 Å². The van der Waals surface area contributed by atoms with E-state index in [9.17, 15) is 4.79 Å². The Balaban J connectivity index is 1.64. The lowest BCUT2D eigenvalue weighted by Gasteiger charge is -2.17. The predicted molar refractivity (Wildman–Crippen MR) is 100 cm³/mol. The number of carbonyl (C=O) groups is 1. The summed E-state index contributed by atoms with van der Waals surface area (Å²) in [6.07, 6.45) is 0. The predicted octanol–water partition coefficient (Wildman–Crippen LogP) is 4.10. The highest BCUT2D eigenvalue weighted by Gasteiger charge is 2.18. The molecular formula is C19H19N3O2S. The zero-order chi connectivity index (χ0) is 17.8. The molecule has 0 atom stereocenters. The van der Waals surface area contributed by atoms with Crippen molar-refractivity contribution in [1.82, 2.24) is 9.88 Å². The summed E-state index contributed by atoms with van der Waals surface area (Å²) in [7, 11) is 1.77. The minimum Gasteiger partial charge on any atom is -0.457 e. The van der Waals surface area contributed by atoms with Crippen molar-refractivity contribution >= 4 is 22.4 Å². The number of anilines is 1. The Kier molecular flexibility index (Phi) is 5.00. The second kappa shape index (κ2) is 7.36. The fourth-order valence-corrected chi connectivity index (χ4v) is 3.25. The third-order valence-corrected chi connectivity index (χ3v) is 4.65. The fourth-order valence-electron chi connectivity index (χ4n) is 2.42. The minimum absolute atomic E-state index is 0.0729. The van der Waals surface area contributed by atoms with Gasteiger partial charge in [0.05, 0.1) is 5.69 Å². The third-order valence-electron chi connectivity index (χ3n) is 3.68. The van der Waals surface area contributed by atoms with Gasteiger partial charge in [-0.15, -0.1) is 0 Å². The molecule has 0 saturated heterocycles. The van der Waals surface area contributed by atoms with Crippen molar-refractivity contribution in [2.45, 2.75) is 13.5 Å². The van der Waals surface area contributed by atoms with Gasteiger partial charge in [0.2, 0.25) is 0 Å². The Morgan fingerprint density at radius 3 is 2.36 bits per heavy atom. The first kappa shape index (κ1) is 17.0. The van der Waals surface area contributed by atoms with Crippen LogP contribution in [0.15, 0.2) is 54.6 Å². The summed E-state index contributed by atoms with van der Waals surface area (Å²) in [5.74, 6) is 1.48. The van der Waals surface area contributed by atoms with Crippen LogP contribution in [0, 0.1) is 6.92 Å². The number of benzene rings is 2. The number of nitrogens with two attached hydrogens (primary N) is 1. The second-order valence-corrected chi connectivity index (χ2v) is 6.72. The summed E-state index contributed by atoms with van der Waals surface area (Å²) < 4.78 is 5.77. The van der Waals surface area contributed by atoms with E-state index in [-0.39, 0.29) is 5.91 Å². The molecular weight excluding hydrogens is 334 g/mol. The highest BCUT2D eigenvalue weighted by molar-refractivity contribution is 7.17. The molecule has 128 valence electrons. The smallest absolute Gasteiger partial charge is 0.265 e. The van der Waals surface area contributed by atoms with Gasteiger partial charge in [-0.2, -0.15) is 0 Å². The van der Waals surface area contributed by atoms with E-state index in [0.717, 1.165) is 17.1 Å². The summed E-state index contributed by atoms with van der Waals surface area (Å²) in [5, 5.41) is 0.414. The normalized spacial score (nSPS) is 10.5. The lowest BCUT2D eigenvalue weighted by molar-refractivity contribution is 0.0789. The average molecular weight is 353 g/mol. The number of hydrogen-bond donors (Lipinski definition) is 1. The first-order valence-electron chi connectivity index (χ1n) is 7.83. The summed E-state index contributed by atoms with van der Waals surface area (Å²) in [6, 6.07) is 17.3.